The van der Waals surface area contributed by atoms with Crippen molar-refractivity contribution in [1.82, 2.24) is 14.8 Å². The lowest BCUT2D eigenvalue weighted by atomic mass is 10.2. The van der Waals surface area contributed by atoms with Crippen LogP contribution in [0.3, 0.4) is 0 Å². The van der Waals surface area contributed by atoms with Crippen molar-refractivity contribution < 1.29 is 22.3 Å². The van der Waals surface area contributed by atoms with Crippen LogP contribution in [-0.4, -0.2) is 21.9 Å². The minimum Gasteiger partial charge on any atom is -0.497 e. The summed E-state index contributed by atoms with van der Waals surface area (Å²) in [4.78, 5) is 15.6. The van der Waals surface area contributed by atoms with Crippen molar-refractivity contribution in [3.8, 4) is 23.0 Å². The molecule has 9 heteroatoms. The van der Waals surface area contributed by atoms with E-state index in [0.29, 0.717) is 16.0 Å². The first-order valence-corrected chi connectivity index (χ1v) is 6.67. The van der Waals surface area contributed by atoms with Crippen LogP contribution in [0.1, 0.15) is 5.56 Å². The van der Waals surface area contributed by atoms with Gasteiger partial charge in [-0.05, 0) is 30.3 Å². The molecule has 6 nitrogen and oxygen atoms in total. The van der Waals surface area contributed by atoms with Gasteiger partial charge in [0.25, 0.3) is 0 Å². The third-order valence-corrected chi connectivity index (χ3v) is 3.16. The van der Waals surface area contributed by atoms with Gasteiger partial charge in [-0.2, -0.15) is 13.2 Å². The molecule has 0 aliphatic heterocycles. The monoisotopic (exact) mass is 337 g/mol. The van der Waals surface area contributed by atoms with Crippen LogP contribution in [0.4, 0.5) is 13.2 Å². The van der Waals surface area contributed by atoms with Crippen LogP contribution in [0.25, 0.3) is 17.3 Å². The number of ether oxygens (including phenoxy) is 1. The molecule has 0 aliphatic carbocycles. The van der Waals surface area contributed by atoms with Crippen LogP contribution < -0.4 is 10.5 Å². The highest BCUT2D eigenvalue weighted by molar-refractivity contribution is 5.55. The maximum atomic E-state index is 13.1. The zero-order valence-electron chi connectivity index (χ0n) is 12.2. The van der Waals surface area contributed by atoms with Crippen molar-refractivity contribution in [1.29, 1.82) is 0 Å². The second-order valence-corrected chi connectivity index (χ2v) is 4.69. The molecule has 0 N–H and O–H groups in total. The molecule has 0 spiro atoms. The van der Waals surface area contributed by atoms with E-state index in [4.69, 9.17) is 9.15 Å². The molecule has 2 aromatic heterocycles. The van der Waals surface area contributed by atoms with Gasteiger partial charge in [-0.3, -0.25) is 0 Å². The van der Waals surface area contributed by atoms with E-state index in [2.05, 4.69) is 10.1 Å². The number of hydrogen-bond acceptors (Lipinski definition) is 5. The van der Waals surface area contributed by atoms with Crippen LogP contribution in [0.5, 0.6) is 5.75 Å². The molecule has 2 heterocycles. The number of alkyl halides is 3. The summed E-state index contributed by atoms with van der Waals surface area (Å²) in [5.41, 5.74) is -0.702. The van der Waals surface area contributed by atoms with Gasteiger partial charge in [0.05, 0.1) is 7.11 Å². The quantitative estimate of drug-likeness (QED) is 0.735. The second-order valence-electron chi connectivity index (χ2n) is 4.69. The highest BCUT2D eigenvalue weighted by Crippen LogP contribution is 2.32. The van der Waals surface area contributed by atoms with E-state index in [1.54, 1.807) is 24.3 Å². The fourth-order valence-electron chi connectivity index (χ4n) is 2.07. The van der Waals surface area contributed by atoms with Gasteiger partial charge in [-0.1, -0.05) is 6.07 Å². The number of methoxy groups -OCH3 is 1. The van der Waals surface area contributed by atoms with Gasteiger partial charge in [0.15, 0.2) is 5.82 Å². The van der Waals surface area contributed by atoms with E-state index >= 15 is 0 Å². The van der Waals surface area contributed by atoms with Crippen LogP contribution in [0.15, 0.2) is 51.8 Å². The Labute approximate surface area is 133 Å². The number of benzene rings is 1. The van der Waals surface area contributed by atoms with Gasteiger partial charge in [0.2, 0.25) is 5.89 Å². The lowest BCUT2D eigenvalue weighted by Crippen LogP contribution is -2.20. The number of halogens is 3. The number of aromatic nitrogens is 3. The standard InChI is InChI=1S/C15H10F3N3O3/c1-23-10-5-2-4-9(8-10)13-20-21(14(22)24-13)12-11(15(16,17)18)6-3-7-19-12/h2-8H,1H3. The van der Waals surface area contributed by atoms with Crippen molar-refractivity contribution in [3.05, 3.63) is 58.7 Å². The molecule has 0 radical (unpaired) electrons. The fraction of sp³-hybridized carbons (Fsp3) is 0.133. The van der Waals surface area contributed by atoms with E-state index in [0.717, 1.165) is 18.3 Å². The topological polar surface area (TPSA) is 70.2 Å². The van der Waals surface area contributed by atoms with Crippen molar-refractivity contribution in [2.75, 3.05) is 7.11 Å². The smallest absolute Gasteiger partial charge is 0.443 e. The SMILES string of the molecule is COc1cccc(-c2nn(-c3ncccc3C(F)(F)F)c(=O)o2)c1. The number of pyridine rings is 1. The Kier molecular flexibility index (Phi) is 3.84. The summed E-state index contributed by atoms with van der Waals surface area (Å²) >= 11 is 0. The average molecular weight is 337 g/mol. The van der Waals surface area contributed by atoms with Crippen molar-refractivity contribution in [2.24, 2.45) is 0 Å². The van der Waals surface area contributed by atoms with Gasteiger partial charge >= 0.3 is 11.9 Å². The van der Waals surface area contributed by atoms with Crippen LogP contribution in [-0.2, 0) is 6.18 Å². The fourth-order valence-corrected chi connectivity index (χ4v) is 2.07. The van der Waals surface area contributed by atoms with Gasteiger partial charge in [0, 0.05) is 11.8 Å². The molecule has 0 aliphatic rings. The van der Waals surface area contributed by atoms with Crippen LogP contribution in [0, 0.1) is 0 Å². The summed E-state index contributed by atoms with van der Waals surface area (Å²) in [7, 11) is 1.46. The molecular weight excluding hydrogens is 327 g/mol. The molecule has 0 bridgehead atoms. The molecule has 1 aromatic carbocycles. The highest BCUT2D eigenvalue weighted by Gasteiger charge is 2.35. The Morgan fingerprint density at radius 2 is 2.00 bits per heavy atom. The summed E-state index contributed by atoms with van der Waals surface area (Å²) in [6.07, 6.45) is -3.55. The predicted molar refractivity (Wildman–Crippen MR) is 76.9 cm³/mol. The van der Waals surface area contributed by atoms with Crippen molar-refractivity contribution in [3.63, 3.8) is 0 Å². The van der Waals surface area contributed by atoms with E-state index in [1.807, 2.05) is 0 Å². The van der Waals surface area contributed by atoms with E-state index in [9.17, 15) is 18.0 Å². The lowest BCUT2D eigenvalue weighted by Gasteiger charge is -2.09. The molecule has 0 fully saturated rings. The number of rotatable bonds is 3. The van der Waals surface area contributed by atoms with Crippen LogP contribution >= 0.6 is 0 Å². The molecule has 0 saturated heterocycles. The zero-order chi connectivity index (χ0) is 17.3. The Morgan fingerprint density at radius 1 is 1.21 bits per heavy atom. The van der Waals surface area contributed by atoms with Gasteiger partial charge in [-0.25, -0.2) is 9.78 Å². The first-order valence-electron chi connectivity index (χ1n) is 6.67. The molecule has 124 valence electrons. The summed E-state index contributed by atoms with van der Waals surface area (Å²) in [6, 6.07) is 8.36. The highest BCUT2D eigenvalue weighted by atomic mass is 19.4. The Hall–Kier alpha value is -3.10. The average Bonchev–Trinajstić information content (AvgIpc) is 2.96. The number of hydrogen-bond donors (Lipinski definition) is 0. The molecule has 0 saturated carbocycles. The van der Waals surface area contributed by atoms with E-state index in [-0.39, 0.29) is 5.89 Å². The zero-order valence-corrected chi connectivity index (χ0v) is 12.2. The third kappa shape index (κ3) is 2.87. The molecule has 24 heavy (non-hydrogen) atoms. The maximum Gasteiger partial charge on any atom is 0.443 e. The first kappa shape index (κ1) is 15.8. The van der Waals surface area contributed by atoms with Gasteiger partial charge in [0.1, 0.15) is 11.3 Å². The Bertz CT molecular complexity index is 931. The molecule has 3 aromatic rings. The summed E-state index contributed by atoms with van der Waals surface area (Å²) in [6.45, 7) is 0. The predicted octanol–water partition coefficient (Wildman–Crippen LogP) is 2.91. The second kappa shape index (κ2) is 5.84. The molecule has 0 unspecified atom stereocenters. The first-order chi connectivity index (χ1) is 11.4. The summed E-state index contributed by atoms with van der Waals surface area (Å²) in [5.74, 6) is -1.37. The third-order valence-electron chi connectivity index (χ3n) is 3.16. The van der Waals surface area contributed by atoms with Gasteiger partial charge < -0.3 is 9.15 Å². The maximum absolute atomic E-state index is 13.1. The molecule has 0 atom stereocenters. The van der Waals surface area contributed by atoms with Crippen molar-refractivity contribution >= 4 is 0 Å². The minimum absolute atomic E-state index is 0.141. The lowest BCUT2D eigenvalue weighted by molar-refractivity contribution is -0.137. The summed E-state index contributed by atoms with van der Waals surface area (Å²) < 4.78 is 49.7. The normalized spacial score (nSPS) is 11.5. The summed E-state index contributed by atoms with van der Waals surface area (Å²) in [5, 5.41) is 3.82. The largest absolute Gasteiger partial charge is 0.497 e. The Morgan fingerprint density at radius 3 is 2.71 bits per heavy atom. The minimum atomic E-state index is -4.68. The van der Waals surface area contributed by atoms with Crippen LogP contribution in [0.2, 0.25) is 0 Å². The van der Waals surface area contributed by atoms with E-state index in [1.165, 1.54) is 7.11 Å². The van der Waals surface area contributed by atoms with Crippen molar-refractivity contribution in [2.45, 2.75) is 6.18 Å². The number of nitrogens with zero attached hydrogens (tertiary/aromatic N) is 3. The van der Waals surface area contributed by atoms with Gasteiger partial charge in [-0.15, -0.1) is 9.78 Å². The molecule has 0 amide bonds. The molecule has 3 rings (SSSR count). The Balaban J connectivity index is 2.13. The van der Waals surface area contributed by atoms with E-state index < -0.39 is 23.3 Å². The molecular formula is C15H10F3N3O3.